The van der Waals surface area contributed by atoms with E-state index in [2.05, 4.69) is 4.98 Å². The number of nitrogens with zero attached hydrogens (tertiary/aromatic N) is 2. The minimum atomic E-state index is -0.606. The fourth-order valence-corrected chi connectivity index (χ4v) is 3.34. The SMILES string of the molecule is C/C=C/c1nc(CCOc2ccc(CN(CC(C)=O)C(=O)Oc3ccc(OC)cc3)cc2)c(C)o1. The number of amides is 1. The first-order valence-corrected chi connectivity index (χ1v) is 11.3. The molecule has 0 aliphatic carbocycles. The Morgan fingerprint density at radius 3 is 2.31 bits per heavy atom. The monoisotopic (exact) mass is 478 g/mol. The molecule has 0 saturated carbocycles. The first kappa shape index (κ1) is 25.6. The smallest absolute Gasteiger partial charge is 0.415 e. The Labute approximate surface area is 205 Å². The van der Waals surface area contributed by atoms with Crippen molar-refractivity contribution in [3.05, 3.63) is 77.5 Å². The van der Waals surface area contributed by atoms with Gasteiger partial charge in [-0.05, 0) is 68.8 Å². The molecule has 3 aromatic rings. The van der Waals surface area contributed by atoms with Crippen LogP contribution in [0.25, 0.3) is 6.08 Å². The maximum Gasteiger partial charge on any atom is 0.415 e. The van der Waals surface area contributed by atoms with Crippen molar-refractivity contribution in [3.8, 4) is 17.2 Å². The summed E-state index contributed by atoms with van der Waals surface area (Å²) in [6.07, 6.45) is 3.71. The van der Waals surface area contributed by atoms with Crippen molar-refractivity contribution in [1.82, 2.24) is 9.88 Å². The lowest BCUT2D eigenvalue weighted by molar-refractivity contribution is -0.117. The second kappa shape index (κ2) is 12.4. The lowest BCUT2D eigenvalue weighted by Crippen LogP contribution is -2.36. The van der Waals surface area contributed by atoms with Crippen molar-refractivity contribution < 1.29 is 28.2 Å². The number of allylic oxidation sites excluding steroid dienone is 1. The maximum atomic E-state index is 12.7. The molecule has 0 atom stereocenters. The minimum absolute atomic E-state index is 0.0561. The van der Waals surface area contributed by atoms with Crippen LogP contribution in [0.2, 0.25) is 0 Å². The quantitative estimate of drug-likeness (QED) is 0.372. The van der Waals surface area contributed by atoms with E-state index in [1.807, 2.05) is 50.3 Å². The molecule has 0 spiro atoms. The molecule has 8 nitrogen and oxygen atoms in total. The highest BCUT2D eigenvalue weighted by molar-refractivity contribution is 5.82. The summed E-state index contributed by atoms with van der Waals surface area (Å²) in [6.45, 7) is 5.85. The van der Waals surface area contributed by atoms with E-state index in [0.717, 1.165) is 17.0 Å². The molecule has 0 fully saturated rings. The Morgan fingerprint density at radius 1 is 1.03 bits per heavy atom. The molecule has 3 rings (SSSR count). The van der Waals surface area contributed by atoms with Crippen LogP contribution in [0, 0.1) is 6.92 Å². The van der Waals surface area contributed by atoms with E-state index in [0.29, 0.717) is 36.2 Å². The van der Waals surface area contributed by atoms with E-state index in [1.165, 1.54) is 11.8 Å². The predicted molar refractivity (Wildman–Crippen MR) is 132 cm³/mol. The van der Waals surface area contributed by atoms with Gasteiger partial charge in [-0.25, -0.2) is 9.78 Å². The van der Waals surface area contributed by atoms with Crippen LogP contribution in [0.3, 0.4) is 0 Å². The number of Topliss-reactive ketones (excluding diaryl/α,β-unsaturated/α-hetero) is 1. The number of aryl methyl sites for hydroxylation is 1. The van der Waals surface area contributed by atoms with E-state index < -0.39 is 6.09 Å². The Kier molecular flexibility index (Phi) is 9.06. The van der Waals surface area contributed by atoms with Crippen LogP contribution in [-0.2, 0) is 17.8 Å². The molecule has 0 radical (unpaired) electrons. The van der Waals surface area contributed by atoms with Crippen molar-refractivity contribution in [2.75, 3.05) is 20.3 Å². The van der Waals surface area contributed by atoms with E-state index in [1.54, 1.807) is 31.4 Å². The Morgan fingerprint density at radius 2 is 1.69 bits per heavy atom. The summed E-state index contributed by atoms with van der Waals surface area (Å²) in [5.74, 6) is 2.95. The number of hydrogen-bond donors (Lipinski definition) is 0. The molecule has 35 heavy (non-hydrogen) atoms. The third-order valence-corrected chi connectivity index (χ3v) is 5.06. The van der Waals surface area contributed by atoms with Gasteiger partial charge in [0.25, 0.3) is 0 Å². The first-order valence-electron chi connectivity index (χ1n) is 11.3. The van der Waals surface area contributed by atoms with Crippen molar-refractivity contribution in [3.63, 3.8) is 0 Å². The van der Waals surface area contributed by atoms with E-state index >= 15 is 0 Å². The van der Waals surface area contributed by atoms with Gasteiger partial charge in [0.2, 0.25) is 5.89 Å². The van der Waals surface area contributed by atoms with Crippen molar-refractivity contribution in [2.45, 2.75) is 33.7 Å². The highest BCUT2D eigenvalue weighted by atomic mass is 16.6. The number of hydrogen-bond acceptors (Lipinski definition) is 7. The van der Waals surface area contributed by atoms with Crippen LogP contribution in [0.1, 0.15) is 36.8 Å². The number of ether oxygens (including phenoxy) is 3. The van der Waals surface area contributed by atoms with Crippen LogP contribution in [0.4, 0.5) is 4.79 Å². The molecule has 2 aromatic carbocycles. The van der Waals surface area contributed by atoms with Gasteiger partial charge in [0.1, 0.15) is 28.8 Å². The number of carbonyl (C=O) groups excluding carboxylic acids is 2. The van der Waals surface area contributed by atoms with Crippen LogP contribution in [0.15, 0.2) is 59.0 Å². The van der Waals surface area contributed by atoms with Crippen molar-refractivity contribution in [2.24, 2.45) is 0 Å². The van der Waals surface area contributed by atoms with Crippen LogP contribution in [-0.4, -0.2) is 42.0 Å². The summed E-state index contributed by atoms with van der Waals surface area (Å²) in [7, 11) is 1.56. The average Bonchev–Trinajstić information content (AvgIpc) is 3.19. The molecule has 8 heteroatoms. The normalized spacial score (nSPS) is 10.9. The minimum Gasteiger partial charge on any atom is -0.497 e. The molecule has 0 unspecified atom stereocenters. The summed E-state index contributed by atoms with van der Waals surface area (Å²) in [5.41, 5.74) is 1.71. The molecule has 1 aromatic heterocycles. The fraction of sp³-hybridized carbons (Fsp3) is 0.296. The number of ketones is 1. The molecule has 184 valence electrons. The topological polar surface area (TPSA) is 91.1 Å². The van der Waals surface area contributed by atoms with Gasteiger partial charge in [0.15, 0.2) is 0 Å². The fourth-order valence-electron chi connectivity index (χ4n) is 3.34. The first-order chi connectivity index (χ1) is 16.9. The zero-order chi connectivity index (χ0) is 25.2. The van der Waals surface area contributed by atoms with E-state index in [-0.39, 0.29) is 18.9 Å². The number of methoxy groups -OCH3 is 1. The Balaban J connectivity index is 1.56. The molecule has 1 amide bonds. The van der Waals surface area contributed by atoms with Gasteiger partial charge in [-0.1, -0.05) is 18.2 Å². The van der Waals surface area contributed by atoms with Gasteiger partial charge in [-0.2, -0.15) is 0 Å². The number of oxazole rings is 1. The largest absolute Gasteiger partial charge is 0.497 e. The molecule has 1 heterocycles. The highest BCUT2D eigenvalue weighted by Gasteiger charge is 2.18. The van der Waals surface area contributed by atoms with Gasteiger partial charge in [0.05, 0.1) is 26.0 Å². The molecule has 0 N–H and O–H groups in total. The number of carbonyl (C=O) groups is 2. The van der Waals surface area contributed by atoms with Gasteiger partial charge in [0, 0.05) is 13.0 Å². The van der Waals surface area contributed by atoms with Crippen LogP contribution in [0.5, 0.6) is 17.2 Å². The molecule has 0 aliphatic rings. The summed E-state index contributed by atoms with van der Waals surface area (Å²) in [5, 5.41) is 0. The van der Waals surface area contributed by atoms with Crippen LogP contribution >= 0.6 is 0 Å². The molecule has 0 aliphatic heterocycles. The Hall–Kier alpha value is -4.07. The maximum absolute atomic E-state index is 12.7. The summed E-state index contributed by atoms with van der Waals surface area (Å²) in [6, 6.07) is 14.0. The van der Waals surface area contributed by atoms with Gasteiger partial charge in [-0.3, -0.25) is 9.69 Å². The van der Waals surface area contributed by atoms with Crippen molar-refractivity contribution in [1.29, 1.82) is 0 Å². The number of aromatic nitrogens is 1. The molecule has 0 saturated heterocycles. The van der Waals surface area contributed by atoms with Crippen molar-refractivity contribution >= 4 is 18.0 Å². The lowest BCUT2D eigenvalue weighted by atomic mass is 10.2. The summed E-state index contributed by atoms with van der Waals surface area (Å²) >= 11 is 0. The van der Waals surface area contributed by atoms with Crippen LogP contribution < -0.4 is 14.2 Å². The third-order valence-electron chi connectivity index (χ3n) is 5.06. The van der Waals surface area contributed by atoms with Gasteiger partial charge < -0.3 is 18.6 Å². The van der Waals surface area contributed by atoms with Gasteiger partial charge >= 0.3 is 6.09 Å². The lowest BCUT2D eigenvalue weighted by Gasteiger charge is -2.21. The Bertz CT molecular complexity index is 1150. The average molecular weight is 479 g/mol. The number of benzene rings is 2. The molecular weight excluding hydrogens is 448 g/mol. The zero-order valence-corrected chi connectivity index (χ0v) is 20.4. The second-order valence-corrected chi connectivity index (χ2v) is 7.90. The highest BCUT2D eigenvalue weighted by Crippen LogP contribution is 2.19. The molecular formula is C27H30N2O6. The second-order valence-electron chi connectivity index (χ2n) is 7.90. The van der Waals surface area contributed by atoms with E-state index in [9.17, 15) is 9.59 Å². The summed E-state index contributed by atoms with van der Waals surface area (Å²) in [4.78, 5) is 30.2. The third kappa shape index (κ3) is 7.74. The van der Waals surface area contributed by atoms with E-state index in [4.69, 9.17) is 18.6 Å². The standard InChI is InChI=1S/C27H30N2O6/c1-5-6-26-28-25(20(3)34-26)15-16-33-23-9-7-21(8-10-23)18-29(17-19(2)30)27(31)35-24-13-11-22(32-4)12-14-24/h5-14H,15-18H2,1-4H3/b6-5+. The summed E-state index contributed by atoms with van der Waals surface area (Å²) < 4.78 is 22.0. The van der Waals surface area contributed by atoms with Gasteiger partial charge in [-0.15, -0.1) is 0 Å². The number of rotatable bonds is 11. The zero-order valence-electron chi connectivity index (χ0n) is 20.4. The molecule has 0 bridgehead atoms. The predicted octanol–water partition coefficient (Wildman–Crippen LogP) is 5.24.